The minimum atomic E-state index is 0.115. The Kier molecular flexibility index (Phi) is 7.33. The molecule has 0 spiro atoms. The number of aliphatic hydroxyl groups is 1. The van der Waals surface area contributed by atoms with E-state index >= 15 is 0 Å². The van der Waals surface area contributed by atoms with Gasteiger partial charge in [-0.25, -0.2) is 0 Å². The fourth-order valence-electron chi connectivity index (χ4n) is 2.19. The number of hydrogen-bond acceptors (Lipinski definition) is 6. The van der Waals surface area contributed by atoms with E-state index in [1.54, 1.807) is 18.4 Å². The van der Waals surface area contributed by atoms with Gasteiger partial charge in [0.15, 0.2) is 0 Å². The van der Waals surface area contributed by atoms with Crippen LogP contribution in [-0.4, -0.2) is 44.1 Å². The third-order valence-corrected chi connectivity index (χ3v) is 5.74. The van der Waals surface area contributed by atoms with Crippen LogP contribution in [0.3, 0.4) is 0 Å². The van der Waals surface area contributed by atoms with E-state index in [0.717, 1.165) is 19.3 Å². The molecule has 2 unspecified atom stereocenters. The molecule has 0 saturated carbocycles. The van der Waals surface area contributed by atoms with Gasteiger partial charge in [-0.2, -0.15) is 0 Å². The van der Waals surface area contributed by atoms with Gasteiger partial charge in [-0.3, -0.25) is 0 Å². The van der Waals surface area contributed by atoms with Crippen molar-refractivity contribution in [2.24, 2.45) is 0 Å². The molecule has 0 aromatic carbocycles. The topological polar surface area (TPSA) is 47.9 Å². The predicted molar refractivity (Wildman–Crippen MR) is 81.4 cm³/mol. The number of hydrogen-bond donors (Lipinski definition) is 1. The Morgan fingerprint density at radius 2 is 2.30 bits per heavy atom. The van der Waals surface area contributed by atoms with Crippen LogP contribution in [0.4, 0.5) is 0 Å². The summed E-state index contributed by atoms with van der Waals surface area (Å²) in [6.45, 7) is 1.72. The van der Waals surface area contributed by atoms with Crippen LogP contribution in [0.1, 0.15) is 30.9 Å². The third kappa shape index (κ3) is 4.72. The second-order valence-electron chi connectivity index (χ2n) is 4.68. The first-order valence-corrected chi connectivity index (χ1v) is 8.64. The van der Waals surface area contributed by atoms with E-state index in [1.807, 2.05) is 11.8 Å². The molecule has 20 heavy (non-hydrogen) atoms. The van der Waals surface area contributed by atoms with Crippen LogP contribution in [0.2, 0.25) is 0 Å². The molecule has 2 rings (SSSR count). The highest BCUT2D eigenvalue weighted by molar-refractivity contribution is 8.01. The van der Waals surface area contributed by atoms with Crippen LogP contribution >= 0.6 is 23.1 Å². The summed E-state index contributed by atoms with van der Waals surface area (Å²) in [6.07, 6.45) is 2.99. The molecule has 0 fully saturated rings. The lowest BCUT2D eigenvalue weighted by Gasteiger charge is -2.28. The van der Waals surface area contributed by atoms with Crippen molar-refractivity contribution in [1.82, 2.24) is 0 Å². The van der Waals surface area contributed by atoms with Gasteiger partial charge in [0.1, 0.15) is 6.79 Å². The lowest BCUT2D eigenvalue weighted by Crippen LogP contribution is -2.19. The fourth-order valence-corrected chi connectivity index (χ4v) is 4.85. The number of methoxy groups -OCH3 is 1. The van der Waals surface area contributed by atoms with Crippen LogP contribution in [0.5, 0.6) is 0 Å². The van der Waals surface area contributed by atoms with Crippen molar-refractivity contribution in [3.63, 3.8) is 0 Å². The minimum Gasteiger partial charge on any atom is -0.396 e. The molecule has 0 bridgehead atoms. The summed E-state index contributed by atoms with van der Waals surface area (Å²) in [4.78, 5) is 0. The predicted octanol–water partition coefficient (Wildman–Crippen LogP) is 3.06. The zero-order chi connectivity index (χ0) is 14.2. The first kappa shape index (κ1) is 16.3. The molecule has 6 heteroatoms. The maximum atomic E-state index is 8.97. The molecule has 114 valence electrons. The van der Waals surface area contributed by atoms with Crippen molar-refractivity contribution in [1.29, 1.82) is 0 Å². The maximum Gasteiger partial charge on any atom is 0.147 e. The number of aliphatic hydroxyl groups excluding tert-OH is 1. The molecule has 1 aromatic rings. The first-order valence-electron chi connectivity index (χ1n) is 6.88. The van der Waals surface area contributed by atoms with Crippen molar-refractivity contribution in [3.8, 4) is 0 Å². The Balaban J connectivity index is 1.83. The van der Waals surface area contributed by atoms with Crippen molar-refractivity contribution in [2.75, 3.05) is 33.7 Å². The van der Waals surface area contributed by atoms with E-state index in [-0.39, 0.29) is 12.7 Å². The molecular formula is C14H22O4S2. The molecule has 0 amide bonds. The molecule has 2 heterocycles. The van der Waals surface area contributed by atoms with E-state index < -0.39 is 0 Å². The highest BCUT2D eigenvalue weighted by Gasteiger charge is 2.28. The number of rotatable bonds is 9. The van der Waals surface area contributed by atoms with Gasteiger partial charge in [0, 0.05) is 24.5 Å². The van der Waals surface area contributed by atoms with Crippen LogP contribution < -0.4 is 0 Å². The molecule has 1 aliphatic heterocycles. The van der Waals surface area contributed by atoms with Crippen molar-refractivity contribution in [3.05, 3.63) is 17.0 Å². The molecule has 4 nitrogen and oxygen atoms in total. The zero-order valence-corrected chi connectivity index (χ0v) is 13.4. The Labute approximate surface area is 128 Å². The maximum absolute atomic E-state index is 8.97. The standard InChI is InChI=1S/C14H22O4S2/c1-16-6-7-17-10-18-13-9-11(3-2-5-15)20-14-12(13)4-8-19-14/h4,8,11,13,15H,2-3,5-7,9-10H2,1H3. The summed E-state index contributed by atoms with van der Waals surface area (Å²) >= 11 is 3.69. The van der Waals surface area contributed by atoms with E-state index in [2.05, 4.69) is 11.4 Å². The van der Waals surface area contributed by atoms with Gasteiger partial charge in [0.25, 0.3) is 0 Å². The SMILES string of the molecule is COCCOCOC1CC(CCCO)Sc2sccc21. The van der Waals surface area contributed by atoms with E-state index in [1.165, 1.54) is 9.77 Å². The molecule has 0 aliphatic carbocycles. The molecule has 0 saturated heterocycles. The van der Waals surface area contributed by atoms with Crippen LogP contribution in [0.25, 0.3) is 0 Å². The van der Waals surface area contributed by atoms with Gasteiger partial charge >= 0.3 is 0 Å². The van der Waals surface area contributed by atoms with E-state index in [9.17, 15) is 0 Å². The van der Waals surface area contributed by atoms with Crippen LogP contribution in [0, 0.1) is 0 Å². The second kappa shape index (κ2) is 9.02. The largest absolute Gasteiger partial charge is 0.396 e. The van der Waals surface area contributed by atoms with Crippen molar-refractivity contribution < 1.29 is 19.3 Å². The van der Waals surface area contributed by atoms with Crippen LogP contribution in [0.15, 0.2) is 15.7 Å². The summed E-state index contributed by atoms with van der Waals surface area (Å²) < 4.78 is 17.6. The van der Waals surface area contributed by atoms with Gasteiger partial charge in [-0.1, -0.05) is 0 Å². The molecule has 0 radical (unpaired) electrons. The van der Waals surface area contributed by atoms with Crippen molar-refractivity contribution in [2.45, 2.75) is 34.8 Å². The normalized spacial score (nSPS) is 21.9. The average Bonchev–Trinajstić information content (AvgIpc) is 2.93. The van der Waals surface area contributed by atoms with Gasteiger partial charge in [0.05, 0.1) is 23.5 Å². The fraction of sp³-hybridized carbons (Fsp3) is 0.714. The molecular weight excluding hydrogens is 296 g/mol. The minimum absolute atomic E-state index is 0.115. The van der Waals surface area contributed by atoms with Gasteiger partial charge in [0.2, 0.25) is 0 Å². The zero-order valence-electron chi connectivity index (χ0n) is 11.7. The van der Waals surface area contributed by atoms with Gasteiger partial charge < -0.3 is 19.3 Å². The monoisotopic (exact) mass is 318 g/mol. The van der Waals surface area contributed by atoms with Crippen molar-refractivity contribution >= 4 is 23.1 Å². The number of thioether (sulfide) groups is 1. The van der Waals surface area contributed by atoms with Gasteiger partial charge in [-0.05, 0) is 30.7 Å². The van der Waals surface area contributed by atoms with E-state index in [0.29, 0.717) is 25.3 Å². The Morgan fingerprint density at radius 1 is 1.40 bits per heavy atom. The summed E-state index contributed by atoms with van der Waals surface area (Å²) in [5.74, 6) is 0. The third-order valence-electron chi connectivity index (χ3n) is 3.22. The highest BCUT2D eigenvalue weighted by Crippen LogP contribution is 2.46. The first-order chi connectivity index (χ1) is 9.85. The molecule has 2 atom stereocenters. The summed E-state index contributed by atoms with van der Waals surface area (Å²) in [5.41, 5.74) is 1.29. The smallest absolute Gasteiger partial charge is 0.147 e. The lowest BCUT2D eigenvalue weighted by atomic mass is 10.0. The summed E-state index contributed by atoms with van der Waals surface area (Å²) in [7, 11) is 1.66. The number of thiophene rings is 1. The quantitative estimate of drug-likeness (QED) is 0.560. The summed E-state index contributed by atoms with van der Waals surface area (Å²) in [6, 6.07) is 2.15. The highest BCUT2D eigenvalue weighted by atomic mass is 32.2. The second-order valence-corrected chi connectivity index (χ2v) is 7.16. The number of fused-ring (bicyclic) bond motifs is 1. The van der Waals surface area contributed by atoms with E-state index in [4.69, 9.17) is 19.3 Å². The Hall–Kier alpha value is -0.110. The van der Waals surface area contributed by atoms with Crippen LogP contribution in [-0.2, 0) is 14.2 Å². The summed E-state index contributed by atoms with van der Waals surface area (Å²) in [5, 5.41) is 11.6. The Morgan fingerprint density at radius 3 is 3.10 bits per heavy atom. The number of ether oxygens (including phenoxy) is 3. The lowest BCUT2D eigenvalue weighted by molar-refractivity contribution is -0.102. The molecule has 1 N–H and O–H groups in total. The molecule has 1 aliphatic rings. The Bertz CT molecular complexity index is 383. The average molecular weight is 318 g/mol. The molecule has 1 aromatic heterocycles. The van der Waals surface area contributed by atoms with Gasteiger partial charge in [-0.15, -0.1) is 23.1 Å².